The number of rotatable bonds is 7. The van der Waals surface area contributed by atoms with E-state index < -0.39 is 0 Å². The molecule has 0 aliphatic heterocycles. The maximum absolute atomic E-state index is 12.1. The molecule has 98 valence electrons. The quantitative estimate of drug-likeness (QED) is 0.524. The first-order valence-electron chi connectivity index (χ1n) is 6.46. The van der Waals surface area contributed by atoms with Crippen LogP contribution in [-0.2, 0) is 9.53 Å². The smallest absolute Gasteiger partial charge is 0.227 e. The lowest BCUT2D eigenvalue weighted by molar-refractivity contribution is -0.132. The van der Waals surface area contributed by atoms with Gasteiger partial charge in [0.1, 0.15) is 0 Å². The highest BCUT2D eigenvalue weighted by molar-refractivity contribution is 5.82. The number of nitrogens with two attached hydrogens (primary N) is 1. The molecular weight excluding hydrogens is 216 g/mol. The van der Waals surface area contributed by atoms with Crippen LogP contribution in [0.1, 0.15) is 38.5 Å². The van der Waals surface area contributed by atoms with Gasteiger partial charge in [-0.3, -0.25) is 4.79 Å². The van der Waals surface area contributed by atoms with E-state index in [0.29, 0.717) is 19.7 Å². The number of ether oxygens (including phenoxy) is 1. The molecule has 4 nitrogen and oxygen atoms in total. The van der Waals surface area contributed by atoms with Crippen LogP contribution >= 0.6 is 0 Å². The average molecular weight is 240 g/mol. The summed E-state index contributed by atoms with van der Waals surface area (Å²) in [5.41, 5.74) is 5.48. The van der Waals surface area contributed by atoms with Gasteiger partial charge in [-0.2, -0.15) is 0 Å². The van der Waals surface area contributed by atoms with Crippen LogP contribution in [0.15, 0.2) is 12.8 Å². The van der Waals surface area contributed by atoms with E-state index in [1.807, 2.05) is 0 Å². The lowest BCUT2D eigenvalue weighted by Crippen LogP contribution is -2.47. The predicted octanol–water partition coefficient (Wildman–Crippen LogP) is 1.56. The first kappa shape index (κ1) is 14.0. The Kier molecular flexibility index (Phi) is 6.05. The summed E-state index contributed by atoms with van der Waals surface area (Å²) in [6.07, 6.45) is 7.54. The van der Waals surface area contributed by atoms with Crippen molar-refractivity contribution >= 4 is 5.91 Å². The predicted molar refractivity (Wildman–Crippen MR) is 68.3 cm³/mol. The summed E-state index contributed by atoms with van der Waals surface area (Å²) in [4.78, 5) is 12.1. The molecule has 1 saturated carbocycles. The minimum Gasteiger partial charge on any atom is -0.502 e. The van der Waals surface area contributed by atoms with Gasteiger partial charge < -0.3 is 15.8 Å². The molecule has 0 radical (unpaired) electrons. The van der Waals surface area contributed by atoms with Crippen LogP contribution in [0.25, 0.3) is 0 Å². The van der Waals surface area contributed by atoms with Gasteiger partial charge in [-0.05, 0) is 19.3 Å². The van der Waals surface area contributed by atoms with Crippen LogP contribution in [0.4, 0.5) is 0 Å². The van der Waals surface area contributed by atoms with Gasteiger partial charge in [0.2, 0.25) is 5.91 Å². The van der Waals surface area contributed by atoms with Gasteiger partial charge in [0.05, 0.1) is 18.3 Å². The highest BCUT2D eigenvalue weighted by Crippen LogP contribution is 2.35. The van der Waals surface area contributed by atoms with E-state index in [4.69, 9.17) is 10.5 Å². The van der Waals surface area contributed by atoms with E-state index in [1.54, 1.807) is 0 Å². The van der Waals surface area contributed by atoms with Gasteiger partial charge in [0, 0.05) is 13.1 Å². The molecule has 1 rings (SSSR count). The van der Waals surface area contributed by atoms with Gasteiger partial charge in [-0.15, -0.1) is 0 Å². The molecule has 17 heavy (non-hydrogen) atoms. The molecule has 0 aromatic carbocycles. The average Bonchev–Trinajstić information content (AvgIpc) is 2.39. The molecule has 0 bridgehead atoms. The number of hydrogen-bond acceptors (Lipinski definition) is 3. The molecule has 3 N–H and O–H groups in total. The van der Waals surface area contributed by atoms with Crippen molar-refractivity contribution in [2.75, 3.05) is 19.7 Å². The highest BCUT2D eigenvalue weighted by Gasteiger charge is 2.37. The summed E-state index contributed by atoms with van der Waals surface area (Å²) in [6, 6.07) is 0. The van der Waals surface area contributed by atoms with Crippen LogP contribution < -0.4 is 11.1 Å². The normalized spacial score (nSPS) is 18.4. The van der Waals surface area contributed by atoms with E-state index in [-0.39, 0.29) is 11.3 Å². The molecule has 1 fully saturated rings. The fourth-order valence-corrected chi connectivity index (χ4v) is 2.38. The number of hydrogen-bond donors (Lipinski definition) is 2. The zero-order valence-electron chi connectivity index (χ0n) is 10.5. The third-order valence-corrected chi connectivity index (χ3v) is 3.53. The van der Waals surface area contributed by atoms with Crippen molar-refractivity contribution in [2.24, 2.45) is 11.1 Å². The Morgan fingerprint density at radius 1 is 1.41 bits per heavy atom. The Morgan fingerprint density at radius 3 is 2.71 bits per heavy atom. The van der Waals surface area contributed by atoms with Crippen molar-refractivity contribution in [3.63, 3.8) is 0 Å². The molecule has 0 unspecified atom stereocenters. The van der Waals surface area contributed by atoms with E-state index in [1.165, 1.54) is 12.7 Å². The SMILES string of the molecule is C=COCCCNC(=O)C1(CN)CCCCC1. The third-order valence-electron chi connectivity index (χ3n) is 3.53. The van der Waals surface area contributed by atoms with E-state index in [2.05, 4.69) is 11.9 Å². The zero-order chi connectivity index (χ0) is 12.6. The van der Waals surface area contributed by atoms with Crippen molar-refractivity contribution in [1.29, 1.82) is 0 Å². The van der Waals surface area contributed by atoms with Crippen molar-refractivity contribution in [3.05, 3.63) is 12.8 Å². The van der Waals surface area contributed by atoms with E-state index in [9.17, 15) is 4.79 Å². The lowest BCUT2D eigenvalue weighted by Gasteiger charge is -2.34. The van der Waals surface area contributed by atoms with Crippen molar-refractivity contribution in [3.8, 4) is 0 Å². The van der Waals surface area contributed by atoms with Crippen LogP contribution in [-0.4, -0.2) is 25.6 Å². The van der Waals surface area contributed by atoms with Crippen molar-refractivity contribution in [1.82, 2.24) is 5.32 Å². The molecule has 0 aromatic rings. The lowest BCUT2D eigenvalue weighted by atomic mass is 9.73. The molecular formula is C13H24N2O2. The molecule has 0 atom stereocenters. The van der Waals surface area contributed by atoms with Crippen LogP contribution in [0.2, 0.25) is 0 Å². The number of carbonyl (C=O) groups is 1. The second-order valence-corrected chi connectivity index (χ2v) is 4.69. The summed E-state index contributed by atoms with van der Waals surface area (Å²) >= 11 is 0. The summed E-state index contributed by atoms with van der Waals surface area (Å²) < 4.78 is 5.00. The van der Waals surface area contributed by atoms with E-state index >= 15 is 0 Å². The fraction of sp³-hybridized carbons (Fsp3) is 0.769. The van der Waals surface area contributed by atoms with Gasteiger partial charge in [0.15, 0.2) is 0 Å². The molecule has 1 amide bonds. The van der Waals surface area contributed by atoms with Crippen LogP contribution in [0.5, 0.6) is 0 Å². The largest absolute Gasteiger partial charge is 0.502 e. The maximum Gasteiger partial charge on any atom is 0.227 e. The number of nitrogens with one attached hydrogen (secondary N) is 1. The summed E-state index contributed by atoms with van der Waals surface area (Å²) in [5.74, 6) is 0.123. The van der Waals surface area contributed by atoms with Crippen LogP contribution in [0.3, 0.4) is 0 Å². The number of carbonyl (C=O) groups excluding carboxylic acids is 1. The Labute approximate surface area is 104 Å². The highest BCUT2D eigenvalue weighted by atomic mass is 16.5. The monoisotopic (exact) mass is 240 g/mol. The topological polar surface area (TPSA) is 64.3 Å². The molecule has 1 aliphatic carbocycles. The first-order chi connectivity index (χ1) is 8.25. The summed E-state index contributed by atoms with van der Waals surface area (Å²) in [6.45, 7) is 5.17. The summed E-state index contributed by atoms with van der Waals surface area (Å²) in [5, 5.41) is 2.97. The minimum absolute atomic E-state index is 0.123. The minimum atomic E-state index is -0.308. The Bertz CT molecular complexity index is 248. The Hall–Kier alpha value is -1.03. The maximum atomic E-state index is 12.1. The van der Waals surface area contributed by atoms with Gasteiger partial charge in [-0.1, -0.05) is 25.8 Å². The van der Waals surface area contributed by atoms with Crippen molar-refractivity contribution < 1.29 is 9.53 Å². The van der Waals surface area contributed by atoms with Gasteiger partial charge >= 0.3 is 0 Å². The standard InChI is InChI=1S/C13H24N2O2/c1-2-17-10-6-9-15-12(16)13(11-14)7-4-3-5-8-13/h2H,1,3-11,14H2,(H,15,16). The Balaban J connectivity index is 2.30. The van der Waals surface area contributed by atoms with Crippen LogP contribution in [0, 0.1) is 5.41 Å². The van der Waals surface area contributed by atoms with Crippen molar-refractivity contribution in [2.45, 2.75) is 38.5 Å². The molecule has 0 aromatic heterocycles. The fourth-order valence-electron chi connectivity index (χ4n) is 2.38. The van der Waals surface area contributed by atoms with Gasteiger partial charge in [0.25, 0.3) is 0 Å². The molecule has 0 spiro atoms. The summed E-state index contributed by atoms with van der Waals surface area (Å²) in [7, 11) is 0. The molecule has 0 saturated heterocycles. The van der Waals surface area contributed by atoms with Gasteiger partial charge in [-0.25, -0.2) is 0 Å². The first-order valence-corrected chi connectivity index (χ1v) is 6.46. The Morgan fingerprint density at radius 2 is 2.12 bits per heavy atom. The zero-order valence-corrected chi connectivity index (χ0v) is 10.5. The second kappa shape index (κ2) is 7.33. The molecule has 1 aliphatic rings. The molecule has 4 heteroatoms. The second-order valence-electron chi connectivity index (χ2n) is 4.69. The van der Waals surface area contributed by atoms with E-state index in [0.717, 1.165) is 32.1 Å². The third kappa shape index (κ3) is 4.04. The molecule has 0 heterocycles. The number of amides is 1.